The average Bonchev–Trinajstić information content (AvgIpc) is 3.14. The Hall–Kier alpha value is -2.32. The van der Waals surface area contributed by atoms with Crippen LogP contribution in [0.4, 0.5) is 9.52 Å². The number of nitrogens with one attached hydrogen (secondary N) is 1. The predicted molar refractivity (Wildman–Crippen MR) is 104 cm³/mol. The van der Waals surface area contributed by atoms with Crippen molar-refractivity contribution in [1.82, 2.24) is 20.0 Å². The number of halogens is 2. The molecule has 1 N–H and O–H groups in total. The molecule has 0 bridgehead atoms. The molecule has 142 valence electrons. The summed E-state index contributed by atoms with van der Waals surface area (Å²) in [7, 11) is 0. The van der Waals surface area contributed by atoms with Crippen LogP contribution in [-0.4, -0.2) is 25.9 Å². The zero-order chi connectivity index (χ0) is 19.8. The molecule has 2 heterocycles. The zero-order valence-electron chi connectivity index (χ0n) is 15.4. The van der Waals surface area contributed by atoms with Gasteiger partial charge in [-0.05, 0) is 24.6 Å². The summed E-state index contributed by atoms with van der Waals surface area (Å²) in [5.74, 6) is -0.701. The summed E-state index contributed by atoms with van der Waals surface area (Å²) < 4.78 is 14.6. The molecule has 3 aromatic rings. The van der Waals surface area contributed by atoms with Gasteiger partial charge in [0.15, 0.2) is 0 Å². The highest BCUT2D eigenvalue weighted by Crippen LogP contribution is 2.29. The lowest BCUT2D eigenvalue weighted by Gasteiger charge is -2.12. The molecule has 0 radical (unpaired) electrons. The van der Waals surface area contributed by atoms with Crippen LogP contribution in [0.2, 0.25) is 5.15 Å². The fraction of sp³-hybridized carbons (Fsp3) is 0.333. The number of hydrogen-bond acceptors (Lipinski definition) is 5. The van der Waals surface area contributed by atoms with Crippen LogP contribution in [0.3, 0.4) is 0 Å². The maximum Gasteiger partial charge on any atom is 0.262 e. The molecule has 0 fully saturated rings. The van der Waals surface area contributed by atoms with Gasteiger partial charge in [-0.15, -0.1) is 10.2 Å². The highest BCUT2D eigenvalue weighted by molar-refractivity contribution is 7.15. The molecule has 0 spiro atoms. The van der Waals surface area contributed by atoms with Crippen LogP contribution in [0.15, 0.2) is 24.3 Å². The van der Waals surface area contributed by atoms with Crippen LogP contribution in [-0.2, 0) is 12.0 Å². The number of carbonyl (C=O) groups is 1. The summed E-state index contributed by atoms with van der Waals surface area (Å²) in [6, 6.07) is 6.04. The van der Waals surface area contributed by atoms with Gasteiger partial charge in [-0.3, -0.25) is 10.1 Å². The van der Waals surface area contributed by atoms with Crippen molar-refractivity contribution in [2.24, 2.45) is 0 Å². The highest BCUT2D eigenvalue weighted by atomic mass is 35.5. The lowest BCUT2D eigenvalue weighted by molar-refractivity contribution is 0.102. The summed E-state index contributed by atoms with van der Waals surface area (Å²) in [6.45, 7) is 8.13. The molecule has 0 unspecified atom stereocenters. The van der Waals surface area contributed by atoms with Gasteiger partial charge in [0, 0.05) is 5.41 Å². The van der Waals surface area contributed by atoms with Gasteiger partial charge in [0.1, 0.15) is 16.0 Å². The summed E-state index contributed by atoms with van der Waals surface area (Å²) in [5, 5.41) is 16.7. The van der Waals surface area contributed by atoms with E-state index in [2.05, 4.69) is 20.6 Å². The Morgan fingerprint density at radius 2 is 1.93 bits per heavy atom. The monoisotopic (exact) mass is 407 g/mol. The van der Waals surface area contributed by atoms with E-state index >= 15 is 0 Å². The molecule has 2 aromatic heterocycles. The SMILES string of the molecule is Cc1nn(Cc2ccc(F)cc2)c(Cl)c1C(=O)Nc1nnc(C(C)(C)C)s1. The summed E-state index contributed by atoms with van der Waals surface area (Å²) in [4.78, 5) is 12.7. The fourth-order valence-corrected chi connectivity index (χ4v) is 3.53. The predicted octanol–water partition coefficient (Wildman–Crippen LogP) is 4.43. The van der Waals surface area contributed by atoms with E-state index in [1.807, 2.05) is 20.8 Å². The second kappa shape index (κ2) is 7.36. The number of benzene rings is 1. The standard InChI is InChI=1S/C18H19ClFN5OS/c1-10-13(15(26)21-17-23-22-16(27-17)18(2,3)4)14(19)25(24-10)9-11-5-7-12(20)8-6-11/h5-8H,9H2,1-4H3,(H,21,23,26). The summed E-state index contributed by atoms with van der Waals surface area (Å²) in [6.07, 6.45) is 0. The molecular weight excluding hydrogens is 389 g/mol. The van der Waals surface area contributed by atoms with Gasteiger partial charge in [0.2, 0.25) is 5.13 Å². The first kappa shape index (κ1) is 19.4. The maximum absolute atomic E-state index is 13.0. The van der Waals surface area contributed by atoms with Crippen molar-refractivity contribution in [3.05, 3.63) is 57.1 Å². The minimum atomic E-state index is -0.389. The minimum absolute atomic E-state index is 0.145. The lowest BCUT2D eigenvalue weighted by atomic mass is 9.98. The Balaban J connectivity index is 1.80. The number of nitrogens with zero attached hydrogens (tertiary/aromatic N) is 4. The van der Waals surface area contributed by atoms with Crippen molar-refractivity contribution in [2.45, 2.75) is 39.7 Å². The first-order valence-electron chi connectivity index (χ1n) is 8.28. The molecule has 0 saturated heterocycles. The van der Waals surface area contributed by atoms with Crippen LogP contribution in [0, 0.1) is 12.7 Å². The van der Waals surface area contributed by atoms with Crippen molar-refractivity contribution in [3.63, 3.8) is 0 Å². The van der Waals surface area contributed by atoms with Crippen molar-refractivity contribution in [1.29, 1.82) is 0 Å². The smallest absolute Gasteiger partial charge is 0.262 e. The van der Waals surface area contributed by atoms with Gasteiger partial charge in [-0.2, -0.15) is 5.10 Å². The van der Waals surface area contributed by atoms with Crippen LogP contribution < -0.4 is 5.32 Å². The van der Waals surface area contributed by atoms with E-state index in [0.29, 0.717) is 17.4 Å². The Labute approximate surface area is 165 Å². The molecule has 9 heteroatoms. The fourth-order valence-electron chi connectivity index (χ4n) is 2.42. The van der Waals surface area contributed by atoms with Crippen molar-refractivity contribution >= 4 is 34.0 Å². The quantitative estimate of drug-likeness (QED) is 0.694. The average molecular weight is 408 g/mol. The van der Waals surface area contributed by atoms with Crippen molar-refractivity contribution < 1.29 is 9.18 Å². The van der Waals surface area contributed by atoms with Crippen LogP contribution in [0.25, 0.3) is 0 Å². The number of rotatable bonds is 4. The third kappa shape index (κ3) is 4.33. The molecular formula is C18H19ClFN5OS. The van der Waals surface area contributed by atoms with Gasteiger partial charge in [-0.25, -0.2) is 9.07 Å². The number of aryl methyl sites for hydroxylation is 1. The molecule has 0 aliphatic carbocycles. The van der Waals surface area contributed by atoms with Gasteiger partial charge in [0.25, 0.3) is 5.91 Å². The van der Waals surface area contributed by atoms with E-state index in [1.165, 1.54) is 28.2 Å². The Kier molecular flexibility index (Phi) is 5.30. The first-order valence-corrected chi connectivity index (χ1v) is 9.47. The normalized spacial score (nSPS) is 11.6. The molecule has 0 aliphatic rings. The molecule has 1 amide bonds. The molecule has 0 saturated carbocycles. The van der Waals surface area contributed by atoms with Crippen molar-refractivity contribution in [2.75, 3.05) is 5.32 Å². The molecule has 1 aromatic carbocycles. The van der Waals surface area contributed by atoms with E-state index < -0.39 is 0 Å². The molecule has 0 atom stereocenters. The number of anilines is 1. The second-order valence-electron chi connectivity index (χ2n) is 7.15. The largest absolute Gasteiger partial charge is 0.296 e. The number of carbonyl (C=O) groups excluding carboxylic acids is 1. The molecule has 0 aliphatic heterocycles. The lowest BCUT2D eigenvalue weighted by Crippen LogP contribution is -2.13. The summed E-state index contributed by atoms with van der Waals surface area (Å²) in [5.41, 5.74) is 1.46. The Bertz CT molecular complexity index is 975. The van der Waals surface area contributed by atoms with Gasteiger partial charge >= 0.3 is 0 Å². The minimum Gasteiger partial charge on any atom is -0.296 e. The first-order chi connectivity index (χ1) is 12.6. The van der Waals surface area contributed by atoms with E-state index in [-0.39, 0.29) is 27.9 Å². The topological polar surface area (TPSA) is 72.7 Å². The third-order valence-corrected chi connectivity index (χ3v) is 5.47. The van der Waals surface area contributed by atoms with E-state index in [4.69, 9.17) is 11.6 Å². The summed E-state index contributed by atoms with van der Waals surface area (Å²) >= 11 is 7.71. The van der Waals surface area contributed by atoms with E-state index in [9.17, 15) is 9.18 Å². The van der Waals surface area contributed by atoms with Gasteiger partial charge in [0.05, 0.1) is 17.8 Å². The maximum atomic E-state index is 13.0. The molecule has 27 heavy (non-hydrogen) atoms. The second-order valence-corrected chi connectivity index (χ2v) is 8.49. The van der Waals surface area contributed by atoms with E-state index in [0.717, 1.165) is 10.6 Å². The number of aromatic nitrogens is 4. The van der Waals surface area contributed by atoms with E-state index in [1.54, 1.807) is 19.1 Å². The van der Waals surface area contributed by atoms with Gasteiger partial charge in [-0.1, -0.05) is 55.8 Å². The Morgan fingerprint density at radius 1 is 1.26 bits per heavy atom. The van der Waals surface area contributed by atoms with Crippen LogP contribution in [0.1, 0.15) is 47.4 Å². The molecule has 6 nitrogen and oxygen atoms in total. The highest BCUT2D eigenvalue weighted by Gasteiger charge is 2.24. The van der Waals surface area contributed by atoms with Crippen LogP contribution >= 0.6 is 22.9 Å². The third-order valence-electron chi connectivity index (χ3n) is 3.83. The Morgan fingerprint density at radius 3 is 2.52 bits per heavy atom. The molecule has 3 rings (SSSR count). The van der Waals surface area contributed by atoms with Crippen molar-refractivity contribution in [3.8, 4) is 0 Å². The number of amides is 1. The zero-order valence-corrected chi connectivity index (χ0v) is 17.0. The number of hydrogen-bond donors (Lipinski definition) is 1. The van der Waals surface area contributed by atoms with Gasteiger partial charge < -0.3 is 0 Å². The van der Waals surface area contributed by atoms with Crippen LogP contribution in [0.5, 0.6) is 0 Å².